The number of thiazole rings is 1. The van der Waals surface area contributed by atoms with E-state index in [1.807, 2.05) is 13.2 Å². The van der Waals surface area contributed by atoms with E-state index in [4.69, 9.17) is 4.98 Å². The molecule has 1 saturated heterocycles. The molecule has 0 aliphatic carbocycles. The fourth-order valence-electron chi connectivity index (χ4n) is 3.44. The number of thiophene rings is 1. The van der Waals surface area contributed by atoms with E-state index >= 15 is 0 Å². The first-order valence-electron chi connectivity index (χ1n) is 8.86. The molecule has 0 atom stereocenters. The van der Waals surface area contributed by atoms with Crippen LogP contribution in [0.5, 0.6) is 0 Å². The van der Waals surface area contributed by atoms with Crippen LogP contribution in [0.3, 0.4) is 0 Å². The summed E-state index contributed by atoms with van der Waals surface area (Å²) in [4.78, 5) is 19.7. The highest BCUT2D eigenvalue weighted by Gasteiger charge is 2.21. The lowest BCUT2D eigenvalue weighted by Gasteiger charge is -2.35. The summed E-state index contributed by atoms with van der Waals surface area (Å²) in [6.07, 6.45) is 3.49. The molecular formula is C18H19N7S2. The fraction of sp³-hybridized carbons (Fsp3) is 0.333. The monoisotopic (exact) mass is 397 g/mol. The van der Waals surface area contributed by atoms with Crippen LogP contribution in [0, 0.1) is 0 Å². The van der Waals surface area contributed by atoms with Gasteiger partial charge in [0, 0.05) is 45.2 Å². The van der Waals surface area contributed by atoms with Gasteiger partial charge in [-0.1, -0.05) is 6.07 Å². The van der Waals surface area contributed by atoms with E-state index < -0.39 is 0 Å². The molecule has 0 radical (unpaired) electrons. The summed E-state index contributed by atoms with van der Waals surface area (Å²) in [5.41, 5.74) is 2.04. The van der Waals surface area contributed by atoms with Crippen molar-refractivity contribution in [2.45, 2.75) is 6.54 Å². The highest BCUT2D eigenvalue weighted by atomic mass is 32.1. The average Bonchev–Trinajstić information content (AvgIpc) is 3.44. The van der Waals surface area contributed by atoms with Crippen molar-refractivity contribution in [1.29, 1.82) is 0 Å². The van der Waals surface area contributed by atoms with Gasteiger partial charge in [-0.05, 0) is 11.4 Å². The summed E-state index contributed by atoms with van der Waals surface area (Å²) in [7, 11) is 1.91. The Morgan fingerprint density at radius 1 is 1.11 bits per heavy atom. The second-order valence-electron chi connectivity index (χ2n) is 6.59. The molecule has 0 amide bonds. The first kappa shape index (κ1) is 16.8. The second kappa shape index (κ2) is 6.99. The Labute approximate surface area is 164 Å². The predicted octanol–water partition coefficient (Wildman–Crippen LogP) is 2.87. The van der Waals surface area contributed by atoms with Crippen LogP contribution in [0.4, 0.5) is 5.82 Å². The Kier molecular flexibility index (Phi) is 4.35. The summed E-state index contributed by atoms with van der Waals surface area (Å²) in [6.45, 7) is 4.79. The average molecular weight is 398 g/mol. The standard InChI is InChI=1S/C18H19N7S2/c1-23-16-14(9-21-23)17(20-12-19-16)25-6-4-24(5-7-25)10-13-11-27-18(22-13)15-3-2-8-26-15/h2-3,8-9,11-12H,4-7,10H2,1H3. The van der Waals surface area contributed by atoms with Gasteiger partial charge in [0.2, 0.25) is 0 Å². The van der Waals surface area contributed by atoms with Crippen LogP contribution < -0.4 is 4.90 Å². The molecule has 5 heterocycles. The summed E-state index contributed by atoms with van der Waals surface area (Å²) in [5.74, 6) is 0.987. The van der Waals surface area contributed by atoms with Crippen LogP contribution in [0.1, 0.15) is 5.69 Å². The van der Waals surface area contributed by atoms with E-state index in [-0.39, 0.29) is 0 Å². The lowest BCUT2D eigenvalue weighted by Crippen LogP contribution is -2.46. The number of piperazine rings is 1. The van der Waals surface area contributed by atoms with Crippen LogP contribution in [0.2, 0.25) is 0 Å². The molecule has 7 nitrogen and oxygen atoms in total. The Morgan fingerprint density at radius 3 is 2.81 bits per heavy atom. The summed E-state index contributed by atoms with van der Waals surface area (Å²) >= 11 is 3.48. The van der Waals surface area contributed by atoms with Gasteiger partial charge in [-0.2, -0.15) is 5.10 Å². The van der Waals surface area contributed by atoms with Crippen molar-refractivity contribution in [3.05, 3.63) is 41.1 Å². The minimum Gasteiger partial charge on any atom is -0.353 e. The molecule has 5 rings (SSSR count). The van der Waals surface area contributed by atoms with Crippen molar-refractivity contribution in [2.24, 2.45) is 7.05 Å². The van der Waals surface area contributed by atoms with E-state index in [2.05, 4.69) is 47.8 Å². The number of rotatable bonds is 4. The Bertz CT molecular complexity index is 1040. The van der Waals surface area contributed by atoms with Gasteiger partial charge in [-0.3, -0.25) is 9.58 Å². The second-order valence-corrected chi connectivity index (χ2v) is 8.39. The minimum absolute atomic E-state index is 0.881. The minimum atomic E-state index is 0.881. The van der Waals surface area contributed by atoms with Crippen molar-refractivity contribution in [2.75, 3.05) is 31.1 Å². The third-order valence-corrected chi connectivity index (χ3v) is 6.78. The maximum absolute atomic E-state index is 4.81. The van der Waals surface area contributed by atoms with Crippen LogP contribution in [0.25, 0.3) is 20.9 Å². The molecule has 0 bridgehead atoms. The van der Waals surface area contributed by atoms with Crippen molar-refractivity contribution in [1.82, 2.24) is 29.6 Å². The van der Waals surface area contributed by atoms with Gasteiger partial charge < -0.3 is 4.90 Å². The van der Waals surface area contributed by atoms with Gasteiger partial charge in [-0.25, -0.2) is 15.0 Å². The molecule has 4 aromatic heterocycles. The van der Waals surface area contributed by atoms with Crippen molar-refractivity contribution in [3.63, 3.8) is 0 Å². The molecule has 138 valence electrons. The first-order chi connectivity index (χ1) is 13.3. The number of aryl methyl sites for hydroxylation is 1. The topological polar surface area (TPSA) is 63.0 Å². The largest absolute Gasteiger partial charge is 0.353 e. The number of anilines is 1. The van der Waals surface area contributed by atoms with Crippen LogP contribution in [-0.2, 0) is 13.6 Å². The molecular weight excluding hydrogens is 378 g/mol. The van der Waals surface area contributed by atoms with E-state index in [0.717, 1.165) is 60.3 Å². The van der Waals surface area contributed by atoms with Crippen molar-refractivity contribution in [3.8, 4) is 9.88 Å². The Morgan fingerprint density at radius 2 is 2.00 bits per heavy atom. The molecule has 0 aromatic carbocycles. The quantitative estimate of drug-likeness (QED) is 0.528. The van der Waals surface area contributed by atoms with Crippen molar-refractivity contribution >= 4 is 39.5 Å². The third-order valence-electron chi connectivity index (χ3n) is 4.85. The van der Waals surface area contributed by atoms with Gasteiger partial charge in [0.15, 0.2) is 5.65 Å². The molecule has 0 unspecified atom stereocenters. The summed E-state index contributed by atoms with van der Waals surface area (Å²) in [6, 6.07) is 4.21. The molecule has 9 heteroatoms. The normalized spacial score (nSPS) is 15.7. The zero-order valence-corrected chi connectivity index (χ0v) is 16.6. The van der Waals surface area contributed by atoms with E-state index in [1.54, 1.807) is 33.7 Å². The van der Waals surface area contributed by atoms with Crippen LogP contribution in [-0.4, -0.2) is 55.8 Å². The molecule has 0 N–H and O–H groups in total. The van der Waals surface area contributed by atoms with Crippen LogP contribution >= 0.6 is 22.7 Å². The van der Waals surface area contributed by atoms with Gasteiger partial charge in [0.25, 0.3) is 0 Å². The van der Waals surface area contributed by atoms with Crippen LogP contribution in [0.15, 0.2) is 35.4 Å². The summed E-state index contributed by atoms with van der Waals surface area (Å²) < 4.78 is 1.80. The maximum Gasteiger partial charge on any atom is 0.163 e. The zero-order chi connectivity index (χ0) is 18.2. The lowest BCUT2D eigenvalue weighted by atomic mass is 10.2. The zero-order valence-electron chi connectivity index (χ0n) is 14.9. The Balaban J connectivity index is 1.25. The molecule has 1 aliphatic heterocycles. The molecule has 0 saturated carbocycles. The smallest absolute Gasteiger partial charge is 0.163 e. The SMILES string of the molecule is Cn1ncc2c(N3CCN(Cc4csc(-c5cccs5)n4)CC3)ncnc21. The fourth-order valence-corrected chi connectivity index (χ4v) is 5.07. The van der Waals surface area contributed by atoms with Gasteiger partial charge in [-0.15, -0.1) is 22.7 Å². The van der Waals surface area contributed by atoms with Gasteiger partial charge in [0.1, 0.15) is 17.2 Å². The van der Waals surface area contributed by atoms with E-state index in [1.165, 1.54) is 4.88 Å². The number of aromatic nitrogens is 5. The number of hydrogen-bond donors (Lipinski definition) is 0. The maximum atomic E-state index is 4.81. The van der Waals surface area contributed by atoms with Gasteiger partial charge in [0.05, 0.1) is 22.2 Å². The third kappa shape index (κ3) is 3.22. The molecule has 1 aliphatic rings. The van der Waals surface area contributed by atoms with E-state index in [0.29, 0.717) is 0 Å². The molecule has 1 fully saturated rings. The van der Waals surface area contributed by atoms with Gasteiger partial charge >= 0.3 is 0 Å². The van der Waals surface area contributed by atoms with Crippen molar-refractivity contribution < 1.29 is 0 Å². The predicted molar refractivity (Wildman–Crippen MR) is 109 cm³/mol. The summed E-state index contributed by atoms with van der Waals surface area (Å²) in [5, 5.41) is 10.7. The Hall–Kier alpha value is -2.36. The molecule has 4 aromatic rings. The molecule has 27 heavy (non-hydrogen) atoms. The van der Waals surface area contributed by atoms with E-state index in [9.17, 15) is 0 Å². The number of hydrogen-bond acceptors (Lipinski definition) is 8. The number of nitrogens with zero attached hydrogens (tertiary/aromatic N) is 7. The number of fused-ring (bicyclic) bond motifs is 1. The highest BCUT2D eigenvalue weighted by Crippen LogP contribution is 2.28. The lowest BCUT2D eigenvalue weighted by molar-refractivity contribution is 0.247. The highest BCUT2D eigenvalue weighted by molar-refractivity contribution is 7.20. The first-order valence-corrected chi connectivity index (χ1v) is 10.6. The molecule has 0 spiro atoms.